The number of benzene rings is 1. The van der Waals surface area contributed by atoms with E-state index in [1.54, 1.807) is 12.1 Å². The maximum absolute atomic E-state index is 13.0. The van der Waals surface area contributed by atoms with Gasteiger partial charge >= 0.3 is 0 Å². The second-order valence-electron chi connectivity index (χ2n) is 5.71. The lowest BCUT2D eigenvalue weighted by molar-refractivity contribution is 0.626. The van der Waals surface area contributed by atoms with Crippen LogP contribution in [0.2, 0.25) is 0 Å². The van der Waals surface area contributed by atoms with Gasteiger partial charge in [0, 0.05) is 6.04 Å². The highest BCUT2D eigenvalue weighted by atomic mass is 32.2. The van der Waals surface area contributed by atoms with Crippen molar-refractivity contribution in [3.8, 4) is 10.7 Å². The van der Waals surface area contributed by atoms with Gasteiger partial charge in [0.25, 0.3) is 0 Å². The summed E-state index contributed by atoms with van der Waals surface area (Å²) in [5.41, 5.74) is 1.60. The van der Waals surface area contributed by atoms with Gasteiger partial charge in [-0.15, -0.1) is 15.3 Å². The topological polar surface area (TPSA) is 73.6 Å². The first-order valence-electron chi connectivity index (χ1n) is 7.50. The largest absolute Gasteiger partial charge is 0.296 e. The number of aromatic nitrogens is 5. The second kappa shape index (κ2) is 6.14. The van der Waals surface area contributed by atoms with Crippen molar-refractivity contribution in [1.29, 1.82) is 0 Å². The summed E-state index contributed by atoms with van der Waals surface area (Å²) in [6, 6.07) is 6.31. The van der Waals surface area contributed by atoms with Crippen LogP contribution in [0.5, 0.6) is 0 Å². The summed E-state index contributed by atoms with van der Waals surface area (Å²) in [6.45, 7) is 1.87. The fourth-order valence-corrected chi connectivity index (χ4v) is 4.33. The molecule has 1 saturated carbocycles. The van der Waals surface area contributed by atoms with Gasteiger partial charge in [0.2, 0.25) is 5.16 Å². The van der Waals surface area contributed by atoms with Crippen LogP contribution in [0.25, 0.3) is 10.7 Å². The van der Waals surface area contributed by atoms with Crippen LogP contribution in [-0.2, 0) is 16.6 Å². The third-order valence-electron chi connectivity index (χ3n) is 3.85. The number of hydrogen-bond donors (Lipinski definition) is 0. The van der Waals surface area contributed by atoms with E-state index in [0.717, 1.165) is 29.0 Å². The van der Waals surface area contributed by atoms with Crippen LogP contribution in [0, 0.1) is 12.7 Å². The van der Waals surface area contributed by atoms with Gasteiger partial charge in [-0.2, -0.15) is 0 Å². The average Bonchev–Trinajstić information content (AvgIpc) is 3.17. The van der Waals surface area contributed by atoms with Gasteiger partial charge in [0.1, 0.15) is 10.7 Å². The lowest BCUT2D eigenvalue weighted by Crippen LogP contribution is -2.07. The lowest BCUT2D eigenvalue weighted by Gasteiger charge is -2.08. The molecule has 9 heteroatoms. The minimum Gasteiger partial charge on any atom is -0.296 e. The molecular formula is C15H14FN5OS2. The van der Waals surface area contributed by atoms with Crippen molar-refractivity contribution >= 4 is 22.3 Å². The minimum atomic E-state index is -1.35. The van der Waals surface area contributed by atoms with Gasteiger partial charge in [0.15, 0.2) is 5.82 Å². The number of aryl methyl sites for hydroxylation is 1. The number of hydrogen-bond acceptors (Lipinski definition) is 6. The van der Waals surface area contributed by atoms with Crippen molar-refractivity contribution in [3.63, 3.8) is 0 Å². The first-order valence-corrected chi connectivity index (χ1v) is 9.60. The molecule has 0 spiro atoms. The van der Waals surface area contributed by atoms with E-state index in [1.807, 2.05) is 11.5 Å². The van der Waals surface area contributed by atoms with Crippen molar-refractivity contribution in [2.24, 2.45) is 0 Å². The van der Waals surface area contributed by atoms with Crippen LogP contribution in [0.3, 0.4) is 0 Å². The van der Waals surface area contributed by atoms with E-state index in [0.29, 0.717) is 11.0 Å². The van der Waals surface area contributed by atoms with Crippen LogP contribution < -0.4 is 0 Å². The Labute approximate surface area is 144 Å². The molecule has 1 fully saturated rings. The van der Waals surface area contributed by atoms with E-state index in [2.05, 4.69) is 19.8 Å². The molecule has 2 heterocycles. The average molecular weight is 363 g/mol. The highest BCUT2D eigenvalue weighted by Gasteiger charge is 2.33. The molecule has 0 N–H and O–H groups in total. The van der Waals surface area contributed by atoms with Gasteiger partial charge < -0.3 is 0 Å². The van der Waals surface area contributed by atoms with E-state index in [1.165, 1.54) is 23.7 Å². The Balaban J connectivity index is 1.68. The monoisotopic (exact) mass is 363 g/mol. The van der Waals surface area contributed by atoms with E-state index in [-0.39, 0.29) is 17.6 Å². The summed E-state index contributed by atoms with van der Waals surface area (Å²) in [4.78, 5) is 0.861. The van der Waals surface area contributed by atoms with Crippen molar-refractivity contribution in [3.05, 3.63) is 41.3 Å². The maximum Gasteiger partial charge on any atom is 0.222 e. The summed E-state index contributed by atoms with van der Waals surface area (Å²) in [7, 11) is -1.35. The zero-order valence-corrected chi connectivity index (χ0v) is 14.5. The van der Waals surface area contributed by atoms with Crippen molar-refractivity contribution < 1.29 is 8.60 Å². The molecule has 1 aliphatic rings. The number of rotatable bonds is 5. The summed E-state index contributed by atoms with van der Waals surface area (Å²) in [6.07, 6.45) is 2.05. The molecule has 2 aromatic heterocycles. The molecule has 1 unspecified atom stereocenters. The van der Waals surface area contributed by atoms with Crippen molar-refractivity contribution in [2.75, 3.05) is 0 Å². The molecule has 1 atom stereocenters. The molecule has 6 nitrogen and oxygen atoms in total. The standard InChI is InChI=1S/C15H14FN5OS2/c1-9-13(23-20-17-9)14-18-19-15(21(14)12-6-7-12)24(22)8-10-2-4-11(16)5-3-10/h2-5,12H,6-8H2,1H3. The Bertz CT molecular complexity index is 901. The van der Waals surface area contributed by atoms with Crippen LogP contribution in [-0.4, -0.2) is 28.6 Å². The Morgan fingerprint density at radius 3 is 2.62 bits per heavy atom. The smallest absolute Gasteiger partial charge is 0.222 e. The summed E-state index contributed by atoms with van der Waals surface area (Å²) >= 11 is 1.27. The predicted octanol–water partition coefficient (Wildman–Crippen LogP) is 2.89. The minimum absolute atomic E-state index is 0.281. The van der Waals surface area contributed by atoms with Gasteiger partial charge in [-0.1, -0.05) is 16.6 Å². The van der Waals surface area contributed by atoms with Gasteiger partial charge in [-0.05, 0) is 49.0 Å². The third kappa shape index (κ3) is 2.89. The lowest BCUT2D eigenvalue weighted by atomic mass is 10.2. The molecule has 0 amide bonds. The van der Waals surface area contributed by atoms with Gasteiger partial charge in [-0.3, -0.25) is 8.78 Å². The van der Waals surface area contributed by atoms with Crippen molar-refractivity contribution in [1.82, 2.24) is 24.4 Å². The highest BCUT2D eigenvalue weighted by Crippen LogP contribution is 2.40. The first kappa shape index (κ1) is 15.5. The SMILES string of the molecule is Cc1nnsc1-c1nnc(S(=O)Cc2ccc(F)cc2)n1C1CC1. The quantitative estimate of drug-likeness (QED) is 0.697. The third-order valence-corrected chi connectivity index (χ3v) is 5.95. The zero-order chi connectivity index (χ0) is 16.7. The number of halogens is 1. The molecule has 124 valence electrons. The molecule has 4 rings (SSSR count). The van der Waals surface area contributed by atoms with Gasteiger partial charge in [-0.25, -0.2) is 4.39 Å². The molecule has 1 aromatic carbocycles. The Morgan fingerprint density at radius 2 is 2.00 bits per heavy atom. The summed E-state index contributed by atoms with van der Waals surface area (Å²) in [5.74, 6) is 0.666. The Kier molecular flexibility index (Phi) is 3.97. The second-order valence-corrected chi connectivity index (χ2v) is 7.81. The molecule has 24 heavy (non-hydrogen) atoms. The molecule has 0 radical (unpaired) electrons. The normalized spacial score (nSPS) is 15.6. The van der Waals surface area contributed by atoms with E-state index >= 15 is 0 Å². The molecule has 0 bridgehead atoms. The summed E-state index contributed by atoms with van der Waals surface area (Å²) < 4.78 is 31.7. The fourth-order valence-electron chi connectivity index (χ4n) is 2.48. The van der Waals surface area contributed by atoms with Crippen LogP contribution in [0.1, 0.15) is 30.1 Å². The zero-order valence-electron chi connectivity index (χ0n) is 12.8. The summed E-state index contributed by atoms with van der Waals surface area (Å²) in [5, 5.41) is 12.9. The maximum atomic E-state index is 13.0. The highest BCUT2D eigenvalue weighted by molar-refractivity contribution is 7.84. The van der Waals surface area contributed by atoms with Crippen LogP contribution in [0.15, 0.2) is 29.4 Å². The molecule has 0 aliphatic heterocycles. The van der Waals surface area contributed by atoms with Crippen LogP contribution >= 0.6 is 11.5 Å². The Morgan fingerprint density at radius 1 is 1.25 bits per heavy atom. The van der Waals surface area contributed by atoms with E-state index < -0.39 is 10.8 Å². The fraction of sp³-hybridized carbons (Fsp3) is 0.333. The van der Waals surface area contributed by atoms with Gasteiger partial charge in [0.05, 0.1) is 22.2 Å². The van der Waals surface area contributed by atoms with E-state index in [9.17, 15) is 8.60 Å². The predicted molar refractivity (Wildman–Crippen MR) is 88.4 cm³/mol. The molecule has 3 aromatic rings. The van der Waals surface area contributed by atoms with E-state index in [4.69, 9.17) is 0 Å². The Hall–Kier alpha value is -2.00. The number of nitrogens with zero attached hydrogens (tertiary/aromatic N) is 5. The molecular weight excluding hydrogens is 349 g/mol. The van der Waals surface area contributed by atoms with Crippen molar-refractivity contribution in [2.45, 2.75) is 36.7 Å². The first-order chi connectivity index (χ1) is 11.6. The molecule has 0 saturated heterocycles. The van der Waals surface area contributed by atoms with Crippen LogP contribution in [0.4, 0.5) is 4.39 Å². The molecule has 1 aliphatic carbocycles.